The number of hydrogen-bond acceptors (Lipinski definition) is 7. The van der Waals surface area contributed by atoms with Crippen LogP contribution in [-0.4, -0.2) is 54.4 Å². The molecule has 8 heteroatoms. The molecule has 1 unspecified atom stereocenters. The molecule has 0 heterocycles. The first-order chi connectivity index (χ1) is 12.0. The number of rotatable bonds is 10. The standard InChI is InChI=1S/C17H24O7Si/c1-6-12-23-16(18)13-10-8-9-11-14(13)17(19)24-15(7-2)25(20-3,21-4)22-5/h6,8-11,15H,1,7,12H2,2-5H3. The van der Waals surface area contributed by atoms with Gasteiger partial charge in [0, 0.05) is 21.3 Å². The van der Waals surface area contributed by atoms with Crippen LogP contribution in [0.5, 0.6) is 0 Å². The van der Waals surface area contributed by atoms with Gasteiger partial charge in [0.05, 0.1) is 11.1 Å². The molecule has 138 valence electrons. The van der Waals surface area contributed by atoms with Gasteiger partial charge in [-0.15, -0.1) is 0 Å². The monoisotopic (exact) mass is 368 g/mol. The van der Waals surface area contributed by atoms with Gasteiger partial charge in [-0.05, 0) is 18.6 Å². The van der Waals surface area contributed by atoms with E-state index in [9.17, 15) is 9.59 Å². The number of hydrogen-bond donors (Lipinski definition) is 0. The Hall–Kier alpha value is -2.00. The highest BCUT2D eigenvalue weighted by Gasteiger charge is 2.49. The first-order valence-corrected chi connectivity index (χ1v) is 9.53. The van der Waals surface area contributed by atoms with Crippen LogP contribution in [0.25, 0.3) is 0 Å². The normalized spacial score (nSPS) is 12.3. The van der Waals surface area contributed by atoms with E-state index in [-0.39, 0.29) is 17.7 Å². The lowest BCUT2D eigenvalue weighted by atomic mass is 10.1. The molecule has 25 heavy (non-hydrogen) atoms. The summed E-state index contributed by atoms with van der Waals surface area (Å²) in [6.45, 7) is 5.35. The number of carbonyl (C=O) groups excluding carboxylic acids is 2. The van der Waals surface area contributed by atoms with Crippen LogP contribution in [0.3, 0.4) is 0 Å². The van der Waals surface area contributed by atoms with Crippen LogP contribution < -0.4 is 0 Å². The molecule has 0 saturated heterocycles. The fourth-order valence-electron chi connectivity index (χ4n) is 2.29. The third kappa shape index (κ3) is 4.99. The first-order valence-electron chi connectivity index (χ1n) is 7.73. The second-order valence-corrected chi connectivity index (χ2v) is 8.03. The van der Waals surface area contributed by atoms with Crippen molar-refractivity contribution in [2.75, 3.05) is 27.9 Å². The zero-order valence-electron chi connectivity index (χ0n) is 14.9. The van der Waals surface area contributed by atoms with E-state index >= 15 is 0 Å². The maximum absolute atomic E-state index is 12.6. The van der Waals surface area contributed by atoms with Gasteiger partial charge in [0.25, 0.3) is 0 Å². The number of carbonyl (C=O) groups is 2. The summed E-state index contributed by atoms with van der Waals surface area (Å²) in [6, 6.07) is 6.26. The van der Waals surface area contributed by atoms with E-state index in [0.29, 0.717) is 6.42 Å². The lowest BCUT2D eigenvalue weighted by Gasteiger charge is -2.31. The molecule has 0 N–H and O–H groups in total. The fourth-order valence-corrected chi connectivity index (χ4v) is 4.33. The molecular formula is C17H24O7Si. The van der Waals surface area contributed by atoms with Crippen LogP contribution >= 0.6 is 0 Å². The van der Waals surface area contributed by atoms with Crippen molar-refractivity contribution >= 4 is 20.7 Å². The SMILES string of the molecule is C=CCOC(=O)c1ccccc1C(=O)OC(CC)[Si](OC)(OC)OC. The Kier molecular flexibility index (Phi) is 8.49. The van der Waals surface area contributed by atoms with Crippen LogP contribution in [0.4, 0.5) is 0 Å². The highest BCUT2D eigenvalue weighted by Crippen LogP contribution is 2.21. The lowest BCUT2D eigenvalue weighted by Crippen LogP contribution is -2.56. The van der Waals surface area contributed by atoms with E-state index in [0.717, 1.165) is 0 Å². The molecule has 0 aliphatic heterocycles. The summed E-state index contributed by atoms with van der Waals surface area (Å²) in [4.78, 5) is 24.7. The summed E-state index contributed by atoms with van der Waals surface area (Å²) in [7, 11) is 1.14. The largest absolute Gasteiger partial charge is 0.543 e. The van der Waals surface area contributed by atoms with E-state index in [1.807, 2.05) is 6.92 Å². The number of esters is 2. The van der Waals surface area contributed by atoms with E-state index in [1.54, 1.807) is 12.1 Å². The molecule has 0 aromatic heterocycles. The summed E-state index contributed by atoms with van der Waals surface area (Å²) in [5.41, 5.74) is -0.498. The van der Waals surface area contributed by atoms with E-state index in [1.165, 1.54) is 39.5 Å². The Bertz CT molecular complexity index is 590. The highest BCUT2D eigenvalue weighted by atomic mass is 28.4. The van der Waals surface area contributed by atoms with Crippen molar-refractivity contribution in [3.8, 4) is 0 Å². The van der Waals surface area contributed by atoms with Gasteiger partial charge in [-0.3, -0.25) is 0 Å². The van der Waals surface area contributed by atoms with Crippen molar-refractivity contribution in [2.24, 2.45) is 0 Å². The molecule has 1 aromatic rings. The van der Waals surface area contributed by atoms with Gasteiger partial charge in [-0.2, -0.15) is 0 Å². The fraction of sp³-hybridized carbons (Fsp3) is 0.412. The van der Waals surface area contributed by atoms with Crippen molar-refractivity contribution < 1.29 is 32.3 Å². The van der Waals surface area contributed by atoms with Crippen molar-refractivity contribution in [2.45, 2.75) is 19.1 Å². The Labute approximate surface area is 148 Å². The minimum Gasteiger partial charge on any atom is -0.458 e. The van der Waals surface area contributed by atoms with Gasteiger partial charge in [-0.25, -0.2) is 9.59 Å². The average Bonchev–Trinajstić information content (AvgIpc) is 2.66. The van der Waals surface area contributed by atoms with Gasteiger partial charge in [0.1, 0.15) is 6.61 Å². The molecule has 0 spiro atoms. The van der Waals surface area contributed by atoms with E-state index in [2.05, 4.69) is 6.58 Å². The minimum atomic E-state index is -3.18. The zero-order chi connectivity index (χ0) is 18.9. The molecule has 0 amide bonds. The Morgan fingerprint density at radius 3 is 2.04 bits per heavy atom. The molecule has 7 nitrogen and oxygen atoms in total. The molecule has 0 aliphatic rings. The topological polar surface area (TPSA) is 80.3 Å². The predicted molar refractivity (Wildman–Crippen MR) is 93.2 cm³/mol. The van der Waals surface area contributed by atoms with Gasteiger partial charge < -0.3 is 22.8 Å². The Morgan fingerprint density at radius 1 is 1.08 bits per heavy atom. The molecule has 0 aliphatic carbocycles. The molecule has 1 atom stereocenters. The third-order valence-corrected chi connectivity index (χ3v) is 6.59. The second-order valence-electron chi connectivity index (χ2n) is 4.95. The van der Waals surface area contributed by atoms with Crippen molar-refractivity contribution in [3.63, 3.8) is 0 Å². The van der Waals surface area contributed by atoms with Crippen molar-refractivity contribution in [1.29, 1.82) is 0 Å². The van der Waals surface area contributed by atoms with Crippen LogP contribution in [0.2, 0.25) is 0 Å². The molecule has 0 fully saturated rings. The van der Waals surface area contributed by atoms with Crippen LogP contribution in [0, 0.1) is 0 Å². The molecule has 0 radical (unpaired) electrons. The summed E-state index contributed by atoms with van der Waals surface area (Å²) in [5, 5.41) is 0. The lowest BCUT2D eigenvalue weighted by molar-refractivity contribution is 0.0122. The summed E-state index contributed by atoms with van der Waals surface area (Å²) in [5.74, 6) is -1.31. The minimum absolute atomic E-state index is 0.0485. The second kappa shape index (κ2) is 10.1. The zero-order valence-corrected chi connectivity index (χ0v) is 15.9. The average molecular weight is 368 g/mol. The van der Waals surface area contributed by atoms with E-state index in [4.69, 9.17) is 22.8 Å². The maximum atomic E-state index is 12.6. The first kappa shape index (κ1) is 21.0. The van der Waals surface area contributed by atoms with Crippen LogP contribution in [-0.2, 0) is 22.8 Å². The van der Waals surface area contributed by atoms with Crippen LogP contribution in [0.15, 0.2) is 36.9 Å². The summed E-state index contributed by atoms with van der Waals surface area (Å²) in [6.07, 6.45) is 1.87. The Morgan fingerprint density at radius 2 is 1.60 bits per heavy atom. The van der Waals surface area contributed by atoms with Gasteiger partial charge in [0.15, 0.2) is 5.73 Å². The predicted octanol–water partition coefficient (Wildman–Crippen LogP) is 2.38. The van der Waals surface area contributed by atoms with Gasteiger partial charge in [0.2, 0.25) is 0 Å². The molecular weight excluding hydrogens is 344 g/mol. The van der Waals surface area contributed by atoms with Crippen LogP contribution in [0.1, 0.15) is 34.1 Å². The number of benzene rings is 1. The molecule has 1 rings (SSSR count). The van der Waals surface area contributed by atoms with Gasteiger partial charge in [-0.1, -0.05) is 31.7 Å². The van der Waals surface area contributed by atoms with Crippen molar-refractivity contribution in [3.05, 3.63) is 48.0 Å². The third-order valence-electron chi connectivity index (χ3n) is 3.57. The molecule has 0 bridgehead atoms. The molecule has 0 saturated carbocycles. The maximum Gasteiger partial charge on any atom is 0.543 e. The number of ether oxygens (including phenoxy) is 2. The highest BCUT2D eigenvalue weighted by molar-refractivity contribution is 6.62. The van der Waals surface area contributed by atoms with Crippen molar-refractivity contribution in [1.82, 2.24) is 0 Å². The smallest absolute Gasteiger partial charge is 0.458 e. The Balaban J connectivity index is 3.07. The van der Waals surface area contributed by atoms with E-state index < -0.39 is 26.5 Å². The summed E-state index contributed by atoms with van der Waals surface area (Å²) >= 11 is 0. The quantitative estimate of drug-likeness (QED) is 0.356. The van der Waals surface area contributed by atoms with Gasteiger partial charge >= 0.3 is 20.7 Å². The summed E-state index contributed by atoms with van der Waals surface area (Å²) < 4.78 is 26.7. The molecule has 1 aromatic carbocycles.